The van der Waals surface area contributed by atoms with Gasteiger partial charge in [-0.1, -0.05) is 30.3 Å². The highest BCUT2D eigenvalue weighted by Gasteiger charge is 2.26. The number of anilines is 2. The monoisotopic (exact) mass is 441 g/mol. The molecule has 4 N–H and O–H groups in total. The number of benzene rings is 3. The topological polar surface area (TPSA) is 103 Å². The minimum absolute atomic E-state index is 0.141. The highest BCUT2D eigenvalue weighted by molar-refractivity contribution is 6.24. The van der Waals surface area contributed by atoms with Gasteiger partial charge >= 0.3 is 0 Å². The lowest BCUT2D eigenvalue weighted by Crippen LogP contribution is -2.26. The molecule has 0 saturated heterocycles. The van der Waals surface area contributed by atoms with Gasteiger partial charge in [-0.25, -0.2) is 0 Å². The lowest BCUT2D eigenvalue weighted by atomic mass is 10.0. The summed E-state index contributed by atoms with van der Waals surface area (Å²) in [6, 6.07) is 19.8. The number of nitrogens with two attached hydrogens (primary N) is 1. The smallest absolute Gasteiger partial charge is 0.255 e. The van der Waals surface area contributed by atoms with E-state index < -0.39 is 0 Å². The molecule has 7 heteroatoms. The molecule has 0 bridgehead atoms. The highest BCUT2D eigenvalue weighted by atomic mass is 16.7. The number of amides is 2. The van der Waals surface area contributed by atoms with Crippen LogP contribution in [-0.4, -0.2) is 24.6 Å². The Balaban J connectivity index is 1.39. The summed E-state index contributed by atoms with van der Waals surface area (Å²) in [6.45, 7) is 0.171. The van der Waals surface area contributed by atoms with Crippen LogP contribution in [0.2, 0.25) is 0 Å². The van der Waals surface area contributed by atoms with E-state index in [-0.39, 0.29) is 24.6 Å². The Morgan fingerprint density at radius 2 is 1.64 bits per heavy atom. The normalized spacial score (nSPS) is 14.6. The fourth-order valence-corrected chi connectivity index (χ4v) is 3.54. The predicted molar refractivity (Wildman–Crippen MR) is 127 cm³/mol. The second-order valence-electron chi connectivity index (χ2n) is 8.04. The molecule has 166 valence electrons. The minimum atomic E-state index is -0.258. The van der Waals surface area contributed by atoms with Crippen LogP contribution in [-0.2, 0) is 4.79 Å². The van der Waals surface area contributed by atoms with E-state index >= 15 is 0 Å². The first-order valence-corrected chi connectivity index (χ1v) is 10.8. The number of nitrogens with one attached hydrogen (secondary N) is 2. The van der Waals surface area contributed by atoms with E-state index in [0.717, 1.165) is 24.0 Å². The Morgan fingerprint density at radius 3 is 2.39 bits per heavy atom. The maximum absolute atomic E-state index is 13.0. The fourth-order valence-electron chi connectivity index (χ4n) is 3.54. The second kappa shape index (κ2) is 8.70. The van der Waals surface area contributed by atoms with Crippen molar-refractivity contribution in [3.63, 3.8) is 0 Å². The quantitative estimate of drug-likeness (QED) is 0.304. The first-order chi connectivity index (χ1) is 16.1. The van der Waals surface area contributed by atoms with Gasteiger partial charge in [-0.15, -0.1) is 0 Å². The Hall–Kier alpha value is -4.26. The largest absolute Gasteiger partial charge is 0.454 e. The summed E-state index contributed by atoms with van der Waals surface area (Å²) >= 11 is 0. The molecule has 7 nitrogen and oxygen atoms in total. The molecule has 1 fully saturated rings. The standard InChI is InChI=1S/C26H23N3O4/c27-21-3-1-2-4-22(21)29-25(30)17-7-5-16(6-8-17)13-20(26(31)28-19-10-11-19)18-9-12-23-24(14-18)33-15-32-23/h1-9,12-14,19H,10-11,15,27H2,(H,28,31)(H,29,30). The summed E-state index contributed by atoms with van der Waals surface area (Å²) in [5, 5.41) is 5.86. The third-order valence-electron chi connectivity index (χ3n) is 5.53. The molecule has 0 spiro atoms. The first kappa shape index (κ1) is 20.6. The van der Waals surface area contributed by atoms with Gasteiger partial charge in [0.1, 0.15) is 0 Å². The molecular weight excluding hydrogens is 418 g/mol. The van der Waals surface area contributed by atoms with Crippen LogP contribution in [0.3, 0.4) is 0 Å². The van der Waals surface area contributed by atoms with Gasteiger partial charge in [0.15, 0.2) is 11.5 Å². The molecular formula is C26H23N3O4. The molecule has 5 rings (SSSR count). The van der Waals surface area contributed by atoms with Gasteiger partial charge in [0.05, 0.1) is 11.4 Å². The maximum Gasteiger partial charge on any atom is 0.255 e. The molecule has 1 heterocycles. The summed E-state index contributed by atoms with van der Waals surface area (Å²) in [5.74, 6) is 0.878. The lowest BCUT2D eigenvalue weighted by Gasteiger charge is -2.11. The molecule has 0 atom stereocenters. The Bertz CT molecular complexity index is 1250. The summed E-state index contributed by atoms with van der Waals surface area (Å²) in [4.78, 5) is 25.6. The van der Waals surface area contributed by atoms with Gasteiger partial charge < -0.3 is 25.8 Å². The maximum atomic E-state index is 13.0. The number of nitrogen functional groups attached to an aromatic ring is 1. The number of para-hydroxylation sites is 2. The molecule has 1 aliphatic carbocycles. The number of carbonyl (C=O) groups excluding carboxylic acids is 2. The van der Waals surface area contributed by atoms with Crippen LogP contribution >= 0.6 is 0 Å². The van der Waals surface area contributed by atoms with Crippen molar-refractivity contribution in [1.82, 2.24) is 5.32 Å². The molecule has 2 amide bonds. The molecule has 3 aromatic rings. The molecule has 1 saturated carbocycles. The van der Waals surface area contributed by atoms with Crippen molar-refractivity contribution in [1.29, 1.82) is 0 Å². The lowest BCUT2D eigenvalue weighted by molar-refractivity contribution is -0.115. The van der Waals surface area contributed by atoms with Gasteiger partial charge in [-0.05, 0) is 66.4 Å². The predicted octanol–water partition coefficient (Wildman–Crippen LogP) is 4.07. The average Bonchev–Trinajstić information content (AvgIpc) is 3.51. The molecule has 2 aliphatic rings. The minimum Gasteiger partial charge on any atom is -0.454 e. The number of carbonyl (C=O) groups is 2. The van der Waals surface area contributed by atoms with E-state index in [0.29, 0.717) is 34.0 Å². The SMILES string of the molecule is Nc1ccccc1NC(=O)c1ccc(C=C(C(=O)NC2CC2)c2ccc3c(c2)OCO3)cc1. The third-order valence-corrected chi connectivity index (χ3v) is 5.53. The highest BCUT2D eigenvalue weighted by Crippen LogP contribution is 2.35. The summed E-state index contributed by atoms with van der Waals surface area (Å²) < 4.78 is 10.9. The number of fused-ring (bicyclic) bond motifs is 1. The molecule has 3 aromatic carbocycles. The fraction of sp³-hybridized carbons (Fsp3) is 0.154. The zero-order chi connectivity index (χ0) is 22.8. The zero-order valence-electron chi connectivity index (χ0n) is 17.8. The average molecular weight is 441 g/mol. The van der Waals surface area contributed by atoms with Gasteiger partial charge in [0.2, 0.25) is 6.79 Å². The molecule has 0 aromatic heterocycles. The van der Waals surface area contributed by atoms with Gasteiger partial charge in [-0.3, -0.25) is 9.59 Å². The van der Waals surface area contributed by atoms with Crippen molar-refractivity contribution in [3.05, 3.63) is 83.4 Å². The molecule has 33 heavy (non-hydrogen) atoms. The van der Waals surface area contributed by atoms with Crippen molar-refractivity contribution >= 4 is 34.8 Å². The molecule has 1 aliphatic heterocycles. The van der Waals surface area contributed by atoms with Crippen LogP contribution in [0.4, 0.5) is 11.4 Å². The Labute approximate surface area is 191 Å². The van der Waals surface area contributed by atoms with E-state index in [2.05, 4.69) is 10.6 Å². The van der Waals surface area contributed by atoms with Crippen LogP contribution in [0.1, 0.15) is 34.3 Å². The third kappa shape index (κ3) is 4.67. The Morgan fingerprint density at radius 1 is 0.909 bits per heavy atom. The Kier molecular flexibility index (Phi) is 5.44. The molecule has 0 radical (unpaired) electrons. The summed E-state index contributed by atoms with van der Waals surface area (Å²) in [5.41, 5.74) is 9.51. The van der Waals surface area contributed by atoms with Crippen molar-refractivity contribution in [2.45, 2.75) is 18.9 Å². The van der Waals surface area contributed by atoms with Gasteiger partial charge in [0, 0.05) is 17.2 Å². The van der Waals surface area contributed by atoms with Gasteiger partial charge in [0.25, 0.3) is 11.8 Å². The summed E-state index contributed by atoms with van der Waals surface area (Å²) in [7, 11) is 0. The summed E-state index contributed by atoms with van der Waals surface area (Å²) in [6.07, 6.45) is 3.80. The van der Waals surface area contributed by atoms with E-state index in [4.69, 9.17) is 15.2 Å². The number of hydrogen-bond acceptors (Lipinski definition) is 5. The van der Waals surface area contributed by atoms with Crippen molar-refractivity contribution < 1.29 is 19.1 Å². The van der Waals surface area contributed by atoms with Crippen LogP contribution in [0, 0.1) is 0 Å². The van der Waals surface area contributed by atoms with E-state index in [1.165, 1.54) is 0 Å². The van der Waals surface area contributed by atoms with E-state index in [9.17, 15) is 9.59 Å². The number of ether oxygens (including phenoxy) is 2. The second-order valence-corrected chi connectivity index (χ2v) is 8.04. The zero-order valence-corrected chi connectivity index (χ0v) is 17.8. The molecule has 0 unspecified atom stereocenters. The van der Waals surface area contributed by atoms with Crippen LogP contribution in [0.5, 0.6) is 11.5 Å². The van der Waals surface area contributed by atoms with Crippen LogP contribution in [0.15, 0.2) is 66.7 Å². The number of rotatable bonds is 6. The van der Waals surface area contributed by atoms with Crippen molar-refractivity contribution in [2.24, 2.45) is 0 Å². The van der Waals surface area contributed by atoms with E-state index in [1.54, 1.807) is 42.5 Å². The number of hydrogen-bond donors (Lipinski definition) is 3. The van der Waals surface area contributed by atoms with E-state index in [1.807, 2.05) is 30.3 Å². The van der Waals surface area contributed by atoms with Crippen LogP contribution < -0.4 is 25.8 Å². The van der Waals surface area contributed by atoms with Crippen LogP contribution in [0.25, 0.3) is 11.6 Å². The van der Waals surface area contributed by atoms with Gasteiger partial charge in [-0.2, -0.15) is 0 Å². The first-order valence-electron chi connectivity index (χ1n) is 10.8. The van der Waals surface area contributed by atoms with Crippen molar-refractivity contribution in [3.8, 4) is 11.5 Å². The van der Waals surface area contributed by atoms with Crippen molar-refractivity contribution in [2.75, 3.05) is 17.8 Å².